The predicted molar refractivity (Wildman–Crippen MR) is 160 cm³/mol. The lowest BCUT2D eigenvalue weighted by molar-refractivity contribution is -0.142. The zero-order chi connectivity index (χ0) is 29.8. The van der Waals surface area contributed by atoms with Gasteiger partial charge in [-0.3, -0.25) is 14.4 Å². The van der Waals surface area contributed by atoms with Crippen molar-refractivity contribution in [2.75, 3.05) is 12.4 Å². The van der Waals surface area contributed by atoms with Crippen LogP contribution in [0.25, 0.3) is 0 Å². The number of likely N-dealkylation sites (tertiary alicyclic amines) is 1. The fourth-order valence-electron chi connectivity index (χ4n) is 7.35. The molecule has 0 aromatic heterocycles. The number of ether oxygens (including phenoxy) is 2. The first-order valence-electron chi connectivity index (χ1n) is 14.8. The van der Waals surface area contributed by atoms with Gasteiger partial charge in [0.05, 0.1) is 25.0 Å². The van der Waals surface area contributed by atoms with Crippen LogP contribution in [0.15, 0.2) is 54.6 Å². The van der Waals surface area contributed by atoms with Crippen LogP contribution in [0, 0.1) is 30.6 Å². The van der Waals surface area contributed by atoms with Gasteiger partial charge in [-0.2, -0.15) is 0 Å². The van der Waals surface area contributed by atoms with Crippen molar-refractivity contribution in [1.82, 2.24) is 10.2 Å². The maximum absolute atomic E-state index is 14.3. The first-order valence-corrected chi connectivity index (χ1v) is 15.2. The molecule has 8 nitrogen and oxygen atoms in total. The van der Waals surface area contributed by atoms with E-state index in [1.165, 1.54) is 0 Å². The second-order valence-electron chi connectivity index (χ2n) is 12.4. The molecule has 1 aliphatic carbocycles. The number of methoxy groups -OCH3 is 1. The van der Waals surface area contributed by atoms with E-state index in [9.17, 15) is 14.4 Å². The summed E-state index contributed by atoms with van der Waals surface area (Å²) < 4.78 is 11.9. The molecule has 2 bridgehead atoms. The van der Waals surface area contributed by atoms with Crippen LogP contribution in [-0.2, 0) is 25.7 Å². The van der Waals surface area contributed by atoms with Crippen LogP contribution in [0.2, 0.25) is 5.02 Å². The molecule has 2 aromatic carbocycles. The van der Waals surface area contributed by atoms with Crippen molar-refractivity contribution in [3.05, 3.63) is 70.8 Å². The Morgan fingerprint density at radius 3 is 2.71 bits per heavy atom. The average Bonchev–Trinajstić information content (AvgIpc) is 3.61. The van der Waals surface area contributed by atoms with Crippen LogP contribution < -0.4 is 15.4 Å². The van der Waals surface area contributed by atoms with Crippen LogP contribution in [0.4, 0.5) is 5.69 Å². The van der Waals surface area contributed by atoms with E-state index in [-0.39, 0.29) is 30.3 Å². The number of halogens is 1. The third-order valence-electron chi connectivity index (χ3n) is 9.89. The summed E-state index contributed by atoms with van der Waals surface area (Å²) in [4.78, 5) is 43.9. The highest BCUT2D eigenvalue weighted by Crippen LogP contribution is 2.55. The molecule has 2 saturated heterocycles. The number of aryl methyl sites for hydroxylation is 1. The van der Waals surface area contributed by atoms with Gasteiger partial charge in [-0.1, -0.05) is 68.6 Å². The van der Waals surface area contributed by atoms with Gasteiger partial charge in [-0.25, -0.2) is 0 Å². The number of anilines is 1. The molecule has 6 rings (SSSR count). The first kappa shape index (κ1) is 28.7. The maximum atomic E-state index is 14.3. The number of amides is 3. The third kappa shape index (κ3) is 4.78. The molecule has 8 atom stereocenters. The molecule has 3 fully saturated rings. The molecule has 9 heteroatoms. The standard InChI is InChI=1S/C33H38ClN3O5/c1-18-7-5-10-25(20(18)3)36-31(39)29-33-14-13-26(42-33)27(30(38)35-22-12-11-19(2)24(34)16-22)28(33)32(40)37(29)17-21-8-6-9-23(15-21)41-4/h6,8-9,11-16,18,20,25-29H,5,7,10,17H2,1-4H3,(H,35,38)(H,36,39)/t18-,20-,25+,26-,27+,28-,29-,33-/m0/s1. The second-order valence-corrected chi connectivity index (χ2v) is 12.8. The number of nitrogens with zero attached hydrogens (tertiary/aromatic N) is 1. The molecule has 3 heterocycles. The average molecular weight is 592 g/mol. The third-order valence-corrected chi connectivity index (χ3v) is 10.3. The molecule has 1 saturated carbocycles. The lowest BCUT2D eigenvalue weighted by atomic mass is 9.73. The Bertz CT molecular complexity index is 1440. The summed E-state index contributed by atoms with van der Waals surface area (Å²) >= 11 is 6.30. The minimum Gasteiger partial charge on any atom is -0.497 e. The molecular formula is C33H38ClN3O5. The molecule has 0 unspecified atom stereocenters. The minimum atomic E-state index is -1.23. The summed E-state index contributed by atoms with van der Waals surface area (Å²) in [6.07, 6.45) is 6.15. The van der Waals surface area contributed by atoms with Crippen molar-refractivity contribution in [2.24, 2.45) is 23.7 Å². The Balaban J connectivity index is 1.33. The lowest BCUT2D eigenvalue weighted by Crippen LogP contribution is -2.57. The van der Waals surface area contributed by atoms with E-state index in [4.69, 9.17) is 21.1 Å². The van der Waals surface area contributed by atoms with E-state index < -0.39 is 29.6 Å². The molecule has 4 aliphatic rings. The largest absolute Gasteiger partial charge is 0.497 e. The Morgan fingerprint density at radius 2 is 1.95 bits per heavy atom. The highest BCUT2D eigenvalue weighted by atomic mass is 35.5. The van der Waals surface area contributed by atoms with E-state index in [0.717, 1.165) is 30.4 Å². The number of hydrogen-bond acceptors (Lipinski definition) is 5. The van der Waals surface area contributed by atoms with E-state index in [1.807, 2.05) is 49.4 Å². The van der Waals surface area contributed by atoms with Crippen molar-refractivity contribution < 1.29 is 23.9 Å². The summed E-state index contributed by atoms with van der Waals surface area (Å²) in [5, 5.41) is 6.78. The summed E-state index contributed by atoms with van der Waals surface area (Å²) in [5.41, 5.74) is 1.03. The van der Waals surface area contributed by atoms with Gasteiger partial charge >= 0.3 is 0 Å². The maximum Gasteiger partial charge on any atom is 0.246 e. The molecule has 1 spiro atoms. The molecule has 3 aliphatic heterocycles. The van der Waals surface area contributed by atoms with E-state index in [0.29, 0.717) is 28.3 Å². The van der Waals surface area contributed by atoms with Gasteiger partial charge in [-0.15, -0.1) is 0 Å². The quantitative estimate of drug-likeness (QED) is 0.447. The zero-order valence-corrected chi connectivity index (χ0v) is 25.2. The fourth-order valence-corrected chi connectivity index (χ4v) is 7.53. The zero-order valence-electron chi connectivity index (χ0n) is 24.4. The summed E-state index contributed by atoms with van der Waals surface area (Å²) in [5.74, 6) is -0.991. The topological polar surface area (TPSA) is 97.0 Å². The molecule has 2 N–H and O–H groups in total. The van der Waals surface area contributed by atoms with E-state index in [1.54, 1.807) is 24.1 Å². The molecule has 0 radical (unpaired) electrons. The monoisotopic (exact) mass is 591 g/mol. The van der Waals surface area contributed by atoms with Crippen LogP contribution in [0.3, 0.4) is 0 Å². The number of carbonyl (C=O) groups excluding carboxylic acids is 3. The van der Waals surface area contributed by atoms with Gasteiger partial charge in [0, 0.05) is 23.3 Å². The normalized spacial score (nSPS) is 33.0. The van der Waals surface area contributed by atoms with Crippen molar-refractivity contribution in [1.29, 1.82) is 0 Å². The van der Waals surface area contributed by atoms with Gasteiger partial charge < -0.3 is 25.0 Å². The smallest absolute Gasteiger partial charge is 0.246 e. The van der Waals surface area contributed by atoms with Crippen LogP contribution in [0.5, 0.6) is 5.75 Å². The Kier molecular flexibility index (Phi) is 7.56. The number of carbonyl (C=O) groups is 3. The SMILES string of the molecule is COc1cccc(CN2C(=O)[C@@H]3[C@H](C(=O)Nc4ccc(C)c(Cl)c4)[C@@H]4C=C[C@@]3(O4)[C@@H]2C(=O)N[C@@H]2CCC[C@H](C)[C@@H]2C)c1. The molecule has 2 aromatic rings. The Morgan fingerprint density at radius 1 is 1.14 bits per heavy atom. The van der Waals surface area contributed by atoms with Gasteiger partial charge in [0.2, 0.25) is 17.7 Å². The number of rotatable bonds is 7. The molecule has 42 heavy (non-hydrogen) atoms. The highest BCUT2D eigenvalue weighted by molar-refractivity contribution is 6.31. The number of fused-ring (bicyclic) bond motifs is 1. The van der Waals surface area contributed by atoms with Crippen molar-refractivity contribution in [3.63, 3.8) is 0 Å². The van der Waals surface area contributed by atoms with Gasteiger partial charge in [0.25, 0.3) is 0 Å². The minimum absolute atomic E-state index is 0.0124. The van der Waals surface area contributed by atoms with Crippen molar-refractivity contribution in [3.8, 4) is 5.75 Å². The van der Waals surface area contributed by atoms with E-state index in [2.05, 4.69) is 24.5 Å². The first-order chi connectivity index (χ1) is 20.1. The summed E-state index contributed by atoms with van der Waals surface area (Å²) in [6, 6.07) is 11.9. The highest BCUT2D eigenvalue weighted by Gasteiger charge is 2.72. The Labute approximate surface area is 251 Å². The van der Waals surface area contributed by atoms with E-state index >= 15 is 0 Å². The summed E-state index contributed by atoms with van der Waals surface area (Å²) in [6.45, 7) is 6.48. The molecule has 222 valence electrons. The second kappa shape index (κ2) is 11.0. The van der Waals surface area contributed by atoms with Crippen molar-refractivity contribution in [2.45, 2.75) is 70.4 Å². The molecular weight excluding hydrogens is 554 g/mol. The fraction of sp³-hybridized carbons (Fsp3) is 0.485. The van der Waals surface area contributed by atoms with Crippen LogP contribution in [-0.4, -0.2) is 53.5 Å². The van der Waals surface area contributed by atoms with Gasteiger partial charge in [0.1, 0.15) is 17.4 Å². The Hall–Kier alpha value is -3.36. The molecule has 3 amide bonds. The lowest BCUT2D eigenvalue weighted by Gasteiger charge is -2.38. The summed E-state index contributed by atoms with van der Waals surface area (Å²) in [7, 11) is 1.59. The van der Waals surface area contributed by atoms with Gasteiger partial charge in [0.15, 0.2) is 0 Å². The van der Waals surface area contributed by atoms with Crippen molar-refractivity contribution >= 4 is 35.0 Å². The number of hydrogen-bond donors (Lipinski definition) is 2. The van der Waals surface area contributed by atoms with Crippen LogP contribution >= 0.6 is 11.6 Å². The number of benzene rings is 2. The predicted octanol–water partition coefficient (Wildman–Crippen LogP) is 4.89. The van der Waals surface area contributed by atoms with Gasteiger partial charge in [-0.05, 0) is 60.6 Å². The van der Waals surface area contributed by atoms with Crippen LogP contribution in [0.1, 0.15) is 44.2 Å². The number of nitrogens with one attached hydrogen (secondary N) is 2.